The molecule has 0 heterocycles. The monoisotopic (exact) mass is 302 g/mol. The molecule has 0 aliphatic rings. The average molecular weight is 302 g/mol. The highest BCUT2D eigenvalue weighted by atomic mass is 32.2. The van der Waals surface area contributed by atoms with E-state index in [1.54, 1.807) is 0 Å². The zero-order valence-corrected chi connectivity index (χ0v) is 12.6. The van der Waals surface area contributed by atoms with Crippen molar-refractivity contribution in [3.8, 4) is 5.75 Å². The molecule has 0 aromatic heterocycles. The Kier molecular flexibility index (Phi) is 4.40. The number of aromatic hydroxyl groups is 1. The second-order valence-corrected chi connectivity index (χ2v) is 7.77. The van der Waals surface area contributed by atoms with Gasteiger partial charge < -0.3 is 5.11 Å². The van der Waals surface area contributed by atoms with Crippen LogP contribution in [0.15, 0.2) is 23.1 Å². The van der Waals surface area contributed by atoms with Gasteiger partial charge in [0.2, 0.25) is 10.0 Å². The Labute approximate surface area is 118 Å². The molecule has 1 rings (SSSR count). The third-order valence-corrected chi connectivity index (χ3v) is 4.35. The van der Waals surface area contributed by atoms with E-state index in [1.807, 2.05) is 20.8 Å². The fourth-order valence-electron chi connectivity index (χ4n) is 1.74. The van der Waals surface area contributed by atoms with Gasteiger partial charge in [0.15, 0.2) is 5.75 Å². The van der Waals surface area contributed by atoms with Crippen molar-refractivity contribution in [1.82, 2.24) is 4.31 Å². The quantitative estimate of drug-likeness (QED) is 0.677. The molecule has 0 unspecified atom stereocenters. The van der Waals surface area contributed by atoms with Crippen LogP contribution in [-0.4, -0.2) is 36.3 Å². The number of sulfonamides is 1. The van der Waals surface area contributed by atoms with Crippen molar-refractivity contribution in [3.63, 3.8) is 0 Å². The smallest absolute Gasteiger partial charge is 0.312 e. The van der Waals surface area contributed by atoms with E-state index in [2.05, 4.69) is 0 Å². The number of benzene rings is 1. The Morgan fingerprint density at radius 3 is 2.35 bits per heavy atom. The van der Waals surface area contributed by atoms with Gasteiger partial charge in [-0.25, -0.2) is 12.7 Å². The van der Waals surface area contributed by atoms with Gasteiger partial charge in [0.1, 0.15) is 0 Å². The molecule has 0 amide bonds. The van der Waals surface area contributed by atoms with Gasteiger partial charge in [0, 0.05) is 19.7 Å². The number of hydrogen-bond donors (Lipinski definition) is 1. The van der Waals surface area contributed by atoms with Gasteiger partial charge in [-0.1, -0.05) is 20.8 Å². The molecule has 20 heavy (non-hydrogen) atoms. The molecule has 0 aliphatic heterocycles. The zero-order chi connectivity index (χ0) is 15.7. The highest BCUT2D eigenvalue weighted by molar-refractivity contribution is 7.89. The lowest BCUT2D eigenvalue weighted by Gasteiger charge is -2.26. The van der Waals surface area contributed by atoms with Crippen LogP contribution < -0.4 is 0 Å². The average Bonchev–Trinajstić information content (AvgIpc) is 2.26. The van der Waals surface area contributed by atoms with Crippen LogP contribution in [0.1, 0.15) is 20.8 Å². The molecule has 8 heteroatoms. The predicted molar refractivity (Wildman–Crippen MR) is 74.0 cm³/mol. The first-order valence-electron chi connectivity index (χ1n) is 5.89. The van der Waals surface area contributed by atoms with Gasteiger partial charge in [-0.15, -0.1) is 0 Å². The van der Waals surface area contributed by atoms with Crippen LogP contribution in [0.2, 0.25) is 0 Å². The van der Waals surface area contributed by atoms with E-state index in [0.29, 0.717) is 0 Å². The minimum Gasteiger partial charge on any atom is -0.502 e. The minimum atomic E-state index is -3.83. The first-order chi connectivity index (χ1) is 8.95. The molecule has 0 radical (unpaired) electrons. The molecule has 1 aromatic carbocycles. The maximum Gasteiger partial charge on any atom is 0.312 e. The van der Waals surface area contributed by atoms with Gasteiger partial charge >= 0.3 is 5.69 Å². The molecule has 0 spiro atoms. The second kappa shape index (κ2) is 5.37. The number of phenolic OH excluding ortho intramolecular Hbond substituents is 1. The summed E-state index contributed by atoms with van der Waals surface area (Å²) < 4.78 is 25.8. The summed E-state index contributed by atoms with van der Waals surface area (Å²) in [6, 6.07) is 3.02. The van der Waals surface area contributed by atoms with Crippen LogP contribution in [0.3, 0.4) is 0 Å². The van der Waals surface area contributed by atoms with Crippen molar-refractivity contribution in [1.29, 1.82) is 0 Å². The van der Waals surface area contributed by atoms with E-state index in [1.165, 1.54) is 7.05 Å². The molecule has 0 saturated heterocycles. The van der Waals surface area contributed by atoms with Crippen molar-refractivity contribution < 1.29 is 18.4 Å². The molecular formula is C12H18N2O5S. The molecular weight excluding hydrogens is 284 g/mol. The third-order valence-electron chi connectivity index (χ3n) is 2.55. The molecule has 7 nitrogen and oxygen atoms in total. The molecule has 0 aliphatic carbocycles. The number of nitrogens with zero attached hydrogens (tertiary/aromatic N) is 2. The predicted octanol–water partition coefficient (Wildman–Crippen LogP) is 1.97. The summed E-state index contributed by atoms with van der Waals surface area (Å²) in [7, 11) is -2.41. The fourth-order valence-corrected chi connectivity index (χ4v) is 3.16. The van der Waals surface area contributed by atoms with Gasteiger partial charge in [0.25, 0.3) is 0 Å². The van der Waals surface area contributed by atoms with E-state index in [4.69, 9.17) is 0 Å². The molecule has 0 fully saturated rings. The summed E-state index contributed by atoms with van der Waals surface area (Å²) >= 11 is 0. The summed E-state index contributed by atoms with van der Waals surface area (Å²) in [5.74, 6) is -0.563. The fraction of sp³-hybridized carbons (Fsp3) is 0.500. The topological polar surface area (TPSA) is 101 Å². The van der Waals surface area contributed by atoms with E-state index in [9.17, 15) is 23.6 Å². The maximum atomic E-state index is 12.3. The lowest BCUT2D eigenvalue weighted by molar-refractivity contribution is -0.386. The summed E-state index contributed by atoms with van der Waals surface area (Å²) in [5.41, 5.74) is -0.875. The Hall–Kier alpha value is -1.67. The van der Waals surface area contributed by atoms with E-state index in [-0.39, 0.29) is 16.9 Å². The van der Waals surface area contributed by atoms with Crippen LogP contribution >= 0.6 is 0 Å². The molecule has 112 valence electrons. The highest BCUT2D eigenvalue weighted by Crippen LogP contribution is 2.30. The number of hydrogen-bond acceptors (Lipinski definition) is 5. The van der Waals surface area contributed by atoms with Crippen LogP contribution in [0.25, 0.3) is 0 Å². The highest BCUT2D eigenvalue weighted by Gasteiger charge is 2.27. The van der Waals surface area contributed by atoms with Crippen LogP contribution in [0, 0.1) is 15.5 Å². The van der Waals surface area contributed by atoms with Gasteiger partial charge in [-0.3, -0.25) is 10.1 Å². The van der Waals surface area contributed by atoms with Crippen LogP contribution in [0.5, 0.6) is 5.75 Å². The van der Waals surface area contributed by atoms with Gasteiger partial charge in [-0.2, -0.15) is 0 Å². The summed E-state index contributed by atoms with van der Waals surface area (Å²) in [5, 5.41) is 20.1. The SMILES string of the molecule is CN(CC(C)(C)C)S(=O)(=O)c1ccc(O)c([N+](=O)[O-])c1. The number of phenols is 1. The first-order valence-corrected chi connectivity index (χ1v) is 7.33. The molecule has 1 aromatic rings. The molecule has 0 atom stereocenters. The number of nitro groups is 1. The third kappa shape index (κ3) is 3.67. The van der Waals surface area contributed by atoms with E-state index >= 15 is 0 Å². The Balaban J connectivity index is 3.23. The normalized spacial score (nSPS) is 12.7. The van der Waals surface area contributed by atoms with Crippen molar-refractivity contribution in [2.45, 2.75) is 25.7 Å². The van der Waals surface area contributed by atoms with Crippen LogP contribution in [-0.2, 0) is 10.0 Å². The van der Waals surface area contributed by atoms with Gasteiger partial charge in [0.05, 0.1) is 9.82 Å². The standard InChI is InChI=1S/C12H18N2O5S/c1-12(2,3)8-13(4)20(18,19)9-5-6-11(15)10(7-9)14(16)17/h5-7,15H,8H2,1-4H3. The summed E-state index contributed by atoms with van der Waals surface area (Å²) in [6.07, 6.45) is 0. The largest absolute Gasteiger partial charge is 0.502 e. The lowest BCUT2D eigenvalue weighted by Crippen LogP contribution is -2.34. The van der Waals surface area contributed by atoms with Gasteiger partial charge in [-0.05, 0) is 17.5 Å². The lowest BCUT2D eigenvalue weighted by atomic mass is 9.97. The minimum absolute atomic E-state index is 0.214. The van der Waals surface area contributed by atoms with E-state index < -0.39 is 26.4 Å². The van der Waals surface area contributed by atoms with Crippen molar-refractivity contribution in [3.05, 3.63) is 28.3 Å². The molecule has 0 bridgehead atoms. The van der Waals surface area contributed by atoms with Crippen LogP contribution in [0.4, 0.5) is 5.69 Å². The van der Waals surface area contributed by atoms with E-state index in [0.717, 1.165) is 22.5 Å². The Morgan fingerprint density at radius 2 is 1.90 bits per heavy atom. The Morgan fingerprint density at radius 1 is 1.35 bits per heavy atom. The van der Waals surface area contributed by atoms with Crippen molar-refractivity contribution >= 4 is 15.7 Å². The molecule has 1 N–H and O–H groups in total. The number of rotatable bonds is 4. The second-order valence-electron chi connectivity index (χ2n) is 5.73. The zero-order valence-electron chi connectivity index (χ0n) is 11.8. The Bertz CT molecular complexity index is 619. The summed E-state index contributed by atoms with van der Waals surface area (Å²) in [6.45, 7) is 5.93. The first kappa shape index (κ1) is 16.4. The maximum absolute atomic E-state index is 12.3. The molecule has 0 saturated carbocycles. The van der Waals surface area contributed by atoms with Crippen molar-refractivity contribution in [2.24, 2.45) is 5.41 Å². The summed E-state index contributed by atoms with van der Waals surface area (Å²) in [4.78, 5) is 9.70. The van der Waals surface area contributed by atoms with Crippen molar-refractivity contribution in [2.75, 3.05) is 13.6 Å². The number of nitro benzene ring substituents is 1.